The van der Waals surface area contributed by atoms with Gasteiger partial charge in [0.2, 0.25) is 0 Å². The predicted molar refractivity (Wildman–Crippen MR) is 101 cm³/mol. The van der Waals surface area contributed by atoms with E-state index in [1.807, 2.05) is 0 Å². The van der Waals surface area contributed by atoms with Crippen LogP contribution in [-0.2, 0) is 6.18 Å². The number of hydrogen-bond acceptors (Lipinski definition) is 3. The van der Waals surface area contributed by atoms with Crippen LogP contribution in [0.4, 0.5) is 13.2 Å². The zero-order chi connectivity index (χ0) is 20.3. The molecule has 2 heterocycles. The Morgan fingerprint density at radius 3 is 2.64 bits per heavy atom. The van der Waals surface area contributed by atoms with Crippen molar-refractivity contribution < 1.29 is 18.0 Å². The number of halogens is 3. The molecule has 2 aromatic rings. The van der Waals surface area contributed by atoms with Crippen LogP contribution in [0.15, 0.2) is 30.5 Å². The number of carbonyl (C=O) groups excluding carboxylic acids is 1. The molecule has 5 nitrogen and oxygen atoms in total. The van der Waals surface area contributed by atoms with Crippen LogP contribution in [0, 0.1) is 6.92 Å². The lowest BCUT2D eigenvalue weighted by molar-refractivity contribution is -0.137. The van der Waals surface area contributed by atoms with Gasteiger partial charge in [0.05, 0.1) is 28.7 Å². The summed E-state index contributed by atoms with van der Waals surface area (Å²) in [5.74, 6) is -0.232. The van der Waals surface area contributed by atoms with Crippen molar-refractivity contribution in [2.75, 3.05) is 19.6 Å². The summed E-state index contributed by atoms with van der Waals surface area (Å²) in [5.41, 5.74) is 0.428. The average molecular weight is 394 g/mol. The maximum absolute atomic E-state index is 13.0. The fraction of sp³-hybridized carbons (Fsp3) is 0.500. The summed E-state index contributed by atoms with van der Waals surface area (Å²) in [7, 11) is 0. The minimum Gasteiger partial charge on any atom is -0.349 e. The molecule has 0 radical (unpaired) electrons. The Balaban J connectivity index is 1.70. The molecule has 1 N–H and O–H groups in total. The largest absolute Gasteiger partial charge is 0.416 e. The van der Waals surface area contributed by atoms with Crippen molar-refractivity contribution in [3.63, 3.8) is 0 Å². The van der Waals surface area contributed by atoms with Gasteiger partial charge in [-0.2, -0.15) is 18.3 Å². The lowest BCUT2D eigenvalue weighted by atomic mass is 10.0. The molecule has 1 saturated heterocycles. The van der Waals surface area contributed by atoms with Gasteiger partial charge >= 0.3 is 6.18 Å². The summed E-state index contributed by atoms with van der Waals surface area (Å²) < 4.78 is 40.2. The van der Waals surface area contributed by atoms with Crippen molar-refractivity contribution in [2.24, 2.45) is 0 Å². The number of nitrogens with one attached hydrogen (secondary N) is 1. The molecule has 0 atom stereocenters. The molecule has 0 unspecified atom stereocenters. The molecule has 28 heavy (non-hydrogen) atoms. The normalized spacial score (nSPS) is 16.3. The second kappa shape index (κ2) is 8.34. The Morgan fingerprint density at radius 1 is 1.29 bits per heavy atom. The summed E-state index contributed by atoms with van der Waals surface area (Å²) in [5, 5.41) is 7.18. The van der Waals surface area contributed by atoms with E-state index in [2.05, 4.69) is 22.2 Å². The van der Waals surface area contributed by atoms with E-state index in [0.29, 0.717) is 11.3 Å². The van der Waals surface area contributed by atoms with Crippen molar-refractivity contribution in [1.82, 2.24) is 20.0 Å². The highest BCUT2D eigenvalue weighted by Crippen LogP contribution is 2.30. The van der Waals surface area contributed by atoms with Gasteiger partial charge < -0.3 is 10.2 Å². The SMILES string of the molecule is CCCN1CCC(NC(=O)c2cnn(-c3cccc(C(F)(F)F)c3)c2C)CC1. The fourth-order valence-electron chi connectivity index (χ4n) is 3.59. The fourth-order valence-corrected chi connectivity index (χ4v) is 3.59. The second-order valence-corrected chi connectivity index (χ2v) is 7.19. The molecule has 1 aromatic heterocycles. The number of rotatable bonds is 5. The van der Waals surface area contributed by atoms with Gasteiger partial charge in [-0.3, -0.25) is 4.79 Å². The molecular formula is C20H25F3N4O. The van der Waals surface area contributed by atoms with Gasteiger partial charge in [-0.25, -0.2) is 4.68 Å². The molecule has 0 bridgehead atoms. The Labute approximate surface area is 162 Å². The van der Waals surface area contributed by atoms with E-state index < -0.39 is 11.7 Å². The van der Waals surface area contributed by atoms with E-state index in [1.54, 1.807) is 13.0 Å². The third kappa shape index (κ3) is 4.55. The smallest absolute Gasteiger partial charge is 0.349 e. The van der Waals surface area contributed by atoms with Gasteiger partial charge in [-0.15, -0.1) is 0 Å². The zero-order valence-electron chi connectivity index (χ0n) is 16.1. The van der Waals surface area contributed by atoms with E-state index in [9.17, 15) is 18.0 Å². The van der Waals surface area contributed by atoms with Crippen LogP contribution in [0.2, 0.25) is 0 Å². The van der Waals surface area contributed by atoms with Crippen LogP contribution in [0.1, 0.15) is 47.8 Å². The molecule has 0 saturated carbocycles. The second-order valence-electron chi connectivity index (χ2n) is 7.19. The van der Waals surface area contributed by atoms with E-state index in [4.69, 9.17) is 0 Å². The van der Waals surface area contributed by atoms with Crippen LogP contribution >= 0.6 is 0 Å². The van der Waals surface area contributed by atoms with Gasteiger partial charge in [0.1, 0.15) is 0 Å². The molecule has 3 rings (SSSR count). The third-order valence-electron chi connectivity index (χ3n) is 5.14. The quantitative estimate of drug-likeness (QED) is 0.839. The van der Waals surface area contributed by atoms with E-state index in [0.717, 1.165) is 51.0 Å². The average Bonchev–Trinajstić information content (AvgIpc) is 3.04. The molecule has 1 aliphatic heterocycles. The first kappa shape index (κ1) is 20.4. The molecule has 8 heteroatoms. The maximum Gasteiger partial charge on any atom is 0.416 e. The van der Waals surface area contributed by atoms with E-state index >= 15 is 0 Å². The Morgan fingerprint density at radius 2 is 2.00 bits per heavy atom. The summed E-state index contributed by atoms with van der Waals surface area (Å²) in [4.78, 5) is 15.0. The summed E-state index contributed by atoms with van der Waals surface area (Å²) >= 11 is 0. The number of amides is 1. The van der Waals surface area contributed by atoms with Crippen molar-refractivity contribution in [1.29, 1.82) is 0 Å². The minimum atomic E-state index is -4.43. The number of likely N-dealkylation sites (tertiary alicyclic amines) is 1. The highest BCUT2D eigenvalue weighted by Gasteiger charge is 2.31. The number of carbonyl (C=O) groups is 1. The maximum atomic E-state index is 13.0. The van der Waals surface area contributed by atoms with Gasteiger partial charge in [-0.1, -0.05) is 13.0 Å². The van der Waals surface area contributed by atoms with Crippen LogP contribution in [-0.4, -0.2) is 46.3 Å². The molecule has 1 aliphatic rings. The summed E-state index contributed by atoms with van der Waals surface area (Å²) in [6, 6.07) is 5.03. The first-order chi connectivity index (χ1) is 13.3. The lowest BCUT2D eigenvalue weighted by Gasteiger charge is -2.32. The van der Waals surface area contributed by atoms with Crippen LogP contribution in [0.5, 0.6) is 0 Å². The Bertz CT molecular complexity index is 823. The molecule has 152 valence electrons. The molecule has 1 aromatic carbocycles. The number of hydrogen-bond donors (Lipinski definition) is 1. The number of piperidine rings is 1. The highest BCUT2D eigenvalue weighted by molar-refractivity contribution is 5.95. The van der Waals surface area contributed by atoms with Gasteiger partial charge in [-0.05, 0) is 50.9 Å². The molecule has 1 amide bonds. The number of nitrogens with zero attached hydrogens (tertiary/aromatic N) is 3. The van der Waals surface area contributed by atoms with Crippen LogP contribution in [0.3, 0.4) is 0 Å². The van der Waals surface area contributed by atoms with Crippen molar-refractivity contribution in [3.05, 3.63) is 47.3 Å². The van der Waals surface area contributed by atoms with Gasteiger partial charge in [0.15, 0.2) is 0 Å². The number of alkyl halides is 3. The van der Waals surface area contributed by atoms with Crippen LogP contribution < -0.4 is 5.32 Å². The molecule has 0 aliphatic carbocycles. The molecule has 1 fully saturated rings. The first-order valence-electron chi connectivity index (χ1n) is 9.55. The Hall–Kier alpha value is -2.35. The molecular weight excluding hydrogens is 369 g/mol. The van der Waals surface area contributed by atoms with Gasteiger partial charge in [0.25, 0.3) is 5.91 Å². The summed E-state index contributed by atoms with van der Waals surface area (Å²) in [6.45, 7) is 6.83. The van der Waals surface area contributed by atoms with Crippen molar-refractivity contribution in [3.8, 4) is 5.69 Å². The van der Waals surface area contributed by atoms with Crippen molar-refractivity contribution >= 4 is 5.91 Å². The van der Waals surface area contributed by atoms with Gasteiger partial charge in [0, 0.05) is 19.1 Å². The van der Waals surface area contributed by atoms with Crippen LogP contribution in [0.25, 0.3) is 5.69 Å². The van der Waals surface area contributed by atoms with Crippen molar-refractivity contribution in [2.45, 2.75) is 45.3 Å². The lowest BCUT2D eigenvalue weighted by Crippen LogP contribution is -2.44. The zero-order valence-corrected chi connectivity index (χ0v) is 16.1. The number of benzene rings is 1. The van der Waals surface area contributed by atoms with E-state index in [-0.39, 0.29) is 17.6 Å². The standard InChI is InChI=1S/C20H25F3N4O/c1-3-9-26-10-7-16(8-11-26)25-19(28)18-13-24-27(14(18)2)17-6-4-5-15(12-17)20(21,22)23/h4-6,12-13,16H,3,7-11H2,1-2H3,(H,25,28). The topological polar surface area (TPSA) is 50.2 Å². The predicted octanol–water partition coefficient (Wildman–Crippen LogP) is 3.80. The Kier molecular flexibility index (Phi) is 6.07. The third-order valence-corrected chi connectivity index (χ3v) is 5.14. The summed E-state index contributed by atoms with van der Waals surface area (Å²) in [6.07, 6.45) is -0.106. The highest BCUT2D eigenvalue weighted by atomic mass is 19.4. The monoisotopic (exact) mass is 394 g/mol. The first-order valence-corrected chi connectivity index (χ1v) is 9.55. The molecule has 0 spiro atoms. The number of aromatic nitrogens is 2. The minimum absolute atomic E-state index is 0.108. The van der Waals surface area contributed by atoms with E-state index in [1.165, 1.54) is 16.9 Å².